The quantitative estimate of drug-likeness (QED) is 0.761. The van der Waals surface area contributed by atoms with Gasteiger partial charge in [0, 0.05) is 11.5 Å². The summed E-state index contributed by atoms with van der Waals surface area (Å²) >= 11 is 0. The fourth-order valence-corrected chi connectivity index (χ4v) is 2.68. The minimum absolute atomic E-state index is 0.00940. The Balaban J connectivity index is 2.08. The first-order chi connectivity index (χ1) is 10.1. The zero-order valence-electron chi connectivity index (χ0n) is 12.2. The van der Waals surface area contributed by atoms with E-state index in [9.17, 15) is 4.79 Å². The number of carbonyl (C=O) groups is 1. The molecule has 3 rings (SSSR count). The molecule has 0 fully saturated rings. The summed E-state index contributed by atoms with van der Waals surface area (Å²) in [4.78, 5) is 12.4. The molecule has 0 aliphatic carbocycles. The number of allylic oxidation sites excluding steroid dienone is 1. The van der Waals surface area contributed by atoms with Crippen molar-refractivity contribution in [1.29, 1.82) is 0 Å². The topological polar surface area (TPSA) is 26.3 Å². The van der Waals surface area contributed by atoms with Crippen LogP contribution in [0.15, 0.2) is 66.7 Å². The lowest BCUT2D eigenvalue weighted by atomic mass is 9.73. The van der Waals surface area contributed by atoms with Crippen molar-refractivity contribution in [3.05, 3.63) is 77.9 Å². The van der Waals surface area contributed by atoms with Crippen molar-refractivity contribution in [1.82, 2.24) is 0 Å². The predicted molar refractivity (Wildman–Crippen MR) is 83.5 cm³/mol. The van der Waals surface area contributed by atoms with E-state index in [2.05, 4.69) is 18.2 Å². The van der Waals surface area contributed by atoms with Gasteiger partial charge in [0.15, 0.2) is 0 Å². The lowest BCUT2D eigenvalue weighted by Crippen LogP contribution is -2.35. The van der Waals surface area contributed by atoms with Crippen LogP contribution in [0.3, 0.4) is 0 Å². The molecule has 0 bridgehead atoms. The van der Waals surface area contributed by atoms with Crippen LogP contribution in [0.2, 0.25) is 0 Å². The molecule has 0 amide bonds. The minimum Gasteiger partial charge on any atom is -0.426 e. The number of hydrogen-bond donors (Lipinski definition) is 0. The molecule has 0 saturated carbocycles. The van der Waals surface area contributed by atoms with E-state index in [1.165, 1.54) is 0 Å². The maximum Gasteiger partial charge on any atom is 0.317 e. The lowest BCUT2D eigenvalue weighted by molar-refractivity contribution is -0.148. The summed E-state index contributed by atoms with van der Waals surface area (Å²) in [6.07, 6.45) is 2.06. The van der Waals surface area contributed by atoms with E-state index in [0.29, 0.717) is 5.76 Å². The van der Waals surface area contributed by atoms with Crippen LogP contribution in [-0.2, 0) is 9.53 Å². The summed E-state index contributed by atoms with van der Waals surface area (Å²) in [6, 6.07) is 19.9. The Hall–Kier alpha value is -2.35. The van der Waals surface area contributed by atoms with Gasteiger partial charge in [-0.2, -0.15) is 0 Å². The number of ether oxygens (including phenoxy) is 1. The molecule has 1 aliphatic heterocycles. The summed E-state index contributed by atoms with van der Waals surface area (Å²) in [5.74, 6) is 0.474. The molecular formula is C19H18O2. The van der Waals surface area contributed by atoms with Crippen molar-refractivity contribution in [3.8, 4) is 0 Å². The van der Waals surface area contributed by atoms with Gasteiger partial charge < -0.3 is 4.74 Å². The standard InChI is InChI=1S/C19H18O2/c1-19(2)16(14-9-5-3-6-10-14)13-17(21-18(19)20)15-11-7-4-8-12-15/h3-13,16H,1-2H3/t16-/m1/s1. The maximum absolute atomic E-state index is 12.4. The van der Waals surface area contributed by atoms with Gasteiger partial charge in [-0.3, -0.25) is 4.79 Å². The molecule has 0 saturated heterocycles. The summed E-state index contributed by atoms with van der Waals surface area (Å²) in [5.41, 5.74) is 1.49. The van der Waals surface area contributed by atoms with Crippen LogP contribution in [0.4, 0.5) is 0 Å². The normalized spacial score (nSPS) is 20.6. The maximum atomic E-state index is 12.4. The third kappa shape index (κ3) is 2.49. The number of benzene rings is 2. The average molecular weight is 278 g/mol. The van der Waals surface area contributed by atoms with E-state index in [4.69, 9.17) is 4.74 Å². The highest BCUT2D eigenvalue weighted by atomic mass is 16.5. The molecule has 1 atom stereocenters. The Kier molecular flexibility index (Phi) is 3.38. The van der Waals surface area contributed by atoms with Gasteiger partial charge in [-0.15, -0.1) is 0 Å². The number of rotatable bonds is 2. The molecule has 21 heavy (non-hydrogen) atoms. The monoisotopic (exact) mass is 278 g/mol. The third-order valence-electron chi connectivity index (χ3n) is 4.04. The second-order valence-electron chi connectivity index (χ2n) is 5.90. The molecule has 2 nitrogen and oxygen atoms in total. The van der Waals surface area contributed by atoms with E-state index >= 15 is 0 Å². The predicted octanol–water partition coefficient (Wildman–Crippen LogP) is 4.39. The first-order valence-corrected chi connectivity index (χ1v) is 7.13. The van der Waals surface area contributed by atoms with Crippen LogP contribution in [0.5, 0.6) is 0 Å². The molecule has 0 radical (unpaired) electrons. The average Bonchev–Trinajstić information content (AvgIpc) is 2.51. The summed E-state index contributed by atoms with van der Waals surface area (Å²) < 4.78 is 5.56. The van der Waals surface area contributed by atoms with Gasteiger partial charge in [0.05, 0.1) is 5.41 Å². The van der Waals surface area contributed by atoms with Gasteiger partial charge >= 0.3 is 5.97 Å². The van der Waals surface area contributed by atoms with Gasteiger partial charge in [0.1, 0.15) is 5.76 Å². The van der Waals surface area contributed by atoms with Crippen LogP contribution in [0.25, 0.3) is 5.76 Å². The SMILES string of the molecule is CC1(C)C(=O)OC(c2ccccc2)=C[C@@H]1c1ccccc1. The van der Waals surface area contributed by atoms with E-state index in [1.807, 2.05) is 62.4 Å². The van der Waals surface area contributed by atoms with Crippen molar-refractivity contribution in [2.75, 3.05) is 0 Å². The smallest absolute Gasteiger partial charge is 0.317 e. The Bertz CT molecular complexity index is 669. The van der Waals surface area contributed by atoms with Gasteiger partial charge in [-0.1, -0.05) is 60.7 Å². The highest BCUT2D eigenvalue weighted by molar-refractivity contribution is 5.86. The van der Waals surface area contributed by atoms with Crippen molar-refractivity contribution in [2.24, 2.45) is 5.41 Å². The number of esters is 1. The molecule has 1 aliphatic rings. The molecule has 2 aromatic carbocycles. The van der Waals surface area contributed by atoms with E-state index in [1.54, 1.807) is 0 Å². The Morgan fingerprint density at radius 3 is 2.10 bits per heavy atom. The van der Waals surface area contributed by atoms with Crippen LogP contribution in [0, 0.1) is 5.41 Å². The molecule has 2 aromatic rings. The van der Waals surface area contributed by atoms with Gasteiger partial charge in [-0.25, -0.2) is 0 Å². The van der Waals surface area contributed by atoms with E-state index in [0.717, 1.165) is 11.1 Å². The highest BCUT2D eigenvalue weighted by Gasteiger charge is 2.42. The second kappa shape index (κ2) is 5.21. The summed E-state index contributed by atoms with van der Waals surface area (Å²) in [6.45, 7) is 3.87. The molecule has 1 heterocycles. The molecule has 0 unspecified atom stereocenters. The molecule has 0 N–H and O–H groups in total. The zero-order valence-corrected chi connectivity index (χ0v) is 12.2. The van der Waals surface area contributed by atoms with Gasteiger partial charge in [0.25, 0.3) is 0 Å². The van der Waals surface area contributed by atoms with Crippen LogP contribution < -0.4 is 0 Å². The van der Waals surface area contributed by atoms with Crippen LogP contribution in [-0.4, -0.2) is 5.97 Å². The third-order valence-corrected chi connectivity index (χ3v) is 4.04. The highest BCUT2D eigenvalue weighted by Crippen LogP contribution is 2.44. The van der Waals surface area contributed by atoms with Crippen LogP contribution >= 0.6 is 0 Å². The number of hydrogen-bond acceptors (Lipinski definition) is 2. The first-order valence-electron chi connectivity index (χ1n) is 7.13. The summed E-state index contributed by atoms with van der Waals surface area (Å²) in [7, 11) is 0. The second-order valence-corrected chi connectivity index (χ2v) is 5.90. The fraction of sp³-hybridized carbons (Fsp3) is 0.211. The fourth-order valence-electron chi connectivity index (χ4n) is 2.68. The van der Waals surface area contributed by atoms with E-state index in [-0.39, 0.29) is 11.9 Å². The summed E-state index contributed by atoms with van der Waals surface area (Å²) in [5, 5.41) is 0. The largest absolute Gasteiger partial charge is 0.426 e. The van der Waals surface area contributed by atoms with Crippen molar-refractivity contribution in [3.63, 3.8) is 0 Å². The van der Waals surface area contributed by atoms with Crippen molar-refractivity contribution < 1.29 is 9.53 Å². The molecule has 0 aromatic heterocycles. The first kappa shape index (κ1) is 13.6. The Labute approximate surface area is 125 Å². The lowest BCUT2D eigenvalue weighted by Gasteiger charge is -2.35. The molecule has 106 valence electrons. The number of cyclic esters (lactones) is 1. The Morgan fingerprint density at radius 1 is 0.905 bits per heavy atom. The van der Waals surface area contributed by atoms with Crippen molar-refractivity contribution >= 4 is 11.7 Å². The number of carbonyl (C=O) groups excluding carboxylic acids is 1. The molecule has 2 heteroatoms. The van der Waals surface area contributed by atoms with Crippen molar-refractivity contribution in [2.45, 2.75) is 19.8 Å². The molecular weight excluding hydrogens is 260 g/mol. The Morgan fingerprint density at radius 2 is 1.48 bits per heavy atom. The van der Waals surface area contributed by atoms with E-state index < -0.39 is 5.41 Å². The van der Waals surface area contributed by atoms with Gasteiger partial charge in [0.2, 0.25) is 0 Å². The zero-order chi connectivity index (χ0) is 14.9. The molecule has 0 spiro atoms. The minimum atomic E-state index is -0.570. The van der Waals surface area contributed by atoms with Crippen LogP contribution in [0.1, 0.15) is 30.9 Å². The van der Waals surface area contributed by atoms with Gasteiger partial charge in [-0.05, 0) is 25.5 Å².